The third-order valence-corrected chi connectivity index (χ3v) is 4.82. The van der Waals surface area contributed by atoms with Crippen LogP contribution in [-0.2, 0) is 20.8 Å². The van der Waals surface area contributed by atoms with Crippen LogP contribution in [0.4, 0.5) is 0 Å². The molecule has 1 aromatic rings. The molecule has 1 saturated heterocycles. The summed E-state index contributed by atoms with van der Waals surface area (Å²) in [4.78, 5) is 36.2. The van der Waals surface area contributed by atoms with Crippen LogP contribution in [-0.4, -0.2) is 40.2 Å². The molecule has 2 aliphatic rings. The van der Waals surface area contributed by atoms with Crippen LogP contribution in [0.15, 0.2) is 42.1 Å². The Kier molecular flexibility index (Phi) is 3.79. The number of rotatable bonds is 4. The largest absolute Gasteiger partial charge is 0.341 e. The fourth-order valence-electron chi connectivity index (χ4n) is 2.40. The lowest BCUT2D eigenvalue weighted by Crippen LogP contribution is -2.68. The van der Waals surface area contributed by atoms with E-state index in [9.17, 15) is 14.4 Å². The van der Waals surface area contributed by atoms with Crippen molar-refractivity contribution < 1.29 is 14.4 Å². The van der Waals surface area contributed by atoms with Gasteiger partial charge in [0.2, 0.25) is 5.91 Å². The standard InChI is InChI=1S/C15H14N2O3S/c18-8-11-7-17-14(20)13(15(17)21-9-11)16-12(19)6-10-4-2-1-3-5-10/h1-5,7-8,13,15H,6,9H2,(H,16,19)/t13?,15-/m1/s1. The minimum Gasteiger partial charge on any atom is -0.341 e. The number of β-lactam (4-membered cyclic amide) rings is 1. The highest BCUT2D eigenvalue weighted by atomic mass is 32.2. The van der Waals surface area contributed by atoms with Crippen LogP contribution in [0.1, 0.15) is 5.56 Å². The molecular weight excluding hydrogens is 288 g/mol. The first-order chi connectivity index (χ1) is 10.2. The summed E-state index contributed by atoms with van der Waals surface area (Å²) in [5.41, 5.74) is 1.51. The number of aldehydes is 1. The van der Waals surface area contributed by atoms with Crippen molar-refractivity contribution in [2.75, 3.05) is 5.75 Å². The summed E-state index contributed by atoms with van der Waals surface area (Å²) >= 11 is 1.50. The van der Waals surface area contributed by atoms with E-state index in [0.29, 0.717) is 11.3 Å². The van der Waals surface area contributed by atoms with E-state index in [-0.39, 0.29) is 23.6 Å². The average Bonchev–Trinajstić information content (AvgIpc) is 2.52. The predicted molar refractivity (Wildman–Crippen MR) is 79.3 cm³/mol. The number of amides is 2. The van der Waals surface area contributed by atoms with Crippen LogP contribution in [0.2, 0.25) is 0 Å². The lowest BCUT2D eigenvalue weighted by molar-refractivity contribution is -0.144. The van der Waals surface area contributed by atoms with E-state index >= 15 is 0 Å². The van der Waals surface area contributed by atoms with Gasteiger partial charge >= 0.3 is 0 Å². The lowest BCUT2D eigenvalue weighted by Gasteiger charge is -2.47. The molecule has 0 spiro atoms. The second-order valence-corrected chi connectivity index (χ2v) is 6.08. The first kappa shape index (κ1) is 13.9. The number of thioether (sulfide) groups is 1. The molecule has 6 heteroatoms. The van der Waals surface area contributed by atoms with Gasteiger partial charge in [0.25, 0.3) is 5.91 Å². The van der Waals surface area contributed by atoms with Gasteiger partial charge in [-0.15, -0.1) is 11.8 Å². The molecule has 0 radical (unpaired) electrons. The normalized spacial score (nSPS) is 23.7. The number of fused-ring (bicyclic) bond motifs is 1. The fraction of sp³-hybridized carbons (Fsp3) is 0.267. The van der Waals surface area contributed by atoms with E-state index in [1.807, 2.05) is 30.3 Å². The molecule has 2 heterocycles. The quantitative estimate of drug-likeness (QED) is 0.657. The van der Waals surface area contributed by atoms with Gasteiger partial charge in [-0.25, -0.2) is 0 Å². The molecule has 0 aromatic heterocycles. The fourth-order valence-corrected chi connectivity index (χ4v) is 3.61. The van der Waals surface area contributed by atoms with E-state index < -0.39 is 6.04 Å². The Bertz CT molecular complexity index is 615. The van der Waals surface area contributed by atoms with Gasteiger partial charge < -0.3 is 10.2 Å². The van der Waals surface area contributed by atoms with Crippen molar-refractivity contribution in [3.63, 3.8) is 0 Å². The monoisotopic (exact) mass is 302 g/mol. The van der Waals surface area contributed by atoms with Gasteiger partial charge in [-0.1, -0.05) is 30.3 Å². The Morgan fingerprint density at radius 2 is 2.14 bits per heavy atom. The Hall–Kier alpha value is -2.08. The highest BCUT2D eigenvalue weighted by Gasteiger charge is 2.49. The number of hydrogen-bond acceptors (Lipinski definition) is 4. The molecule has 5 nitrogen and oxygen atoms in total. The second kappa shape index (κ2) is 5.73. The molecule has 2 amide bonds. The molecule has 0 saturated carbocycles. The molecule has 0 bridgehead atoms. The molecule has 1 N–H and O–H groups in total. The van der Waals surface area contributed by atoms with Gasteiger partial charge in [0.05, 0.1) is 6.42 Å². The summed E-state index contributed by atoms with van der Waals surface area (Å²) in [6, 6.07) is 8.91. The van der Waals surface area contributed by atoms with E-state index in [4.69, 9.17) is 0 Å². The molecular formula is C15H14N2O3S. The molecule has 108 valence electrons. The van der Waals surface area contributed by atoms with Gasteiger partial charge in [-0.3, -0.25) is 14.4 Å². The number of carbonyl (C=O) groups excluding carboxylic acids is 3. The molecule has 2 aliphatic heterocycles. The zero-order chi connectivity index (χ0) is 14.8. The third-order valence-electron chi connectivity index (χ3n) is 3.48. The van der Waals surface area contributed by atoms with Crippen molar-refractivity contribution >= 4 is 29.9 Å². The van der Waals surface area contributed by atoms with Gasteiger partial charge in [-0.2, -0.15) is 0 Å². The van der Waals surface area contributed by atoms with E-state index in [0.717, 1.165) is 11.8 Å². The molecule has 2 atom stereocenters. The Morgan fingerprint density at radius 3 is 2.86 bits per heavy atom. The zero-order valence-electron chi connectivity index (χ0n) is 11.2. The number of benzene rings is 1. The molecule has 1 unspecified atom stereocenters. The summed E-state index contributed by atoms with van der Waals surface area (Å²) in [5.74, 6) is 0.251. The van der Waals surface area contributed by atoms with Crippen LogP contribution in [0.25, 0.3) is 0 Å². The zero-order valence-corrected chi connectivity index (χ0v) is 12.0. The van der Waals surface area contributed by atoms with Crippen molar-refractivity contribution in [3.05, 3.63) is 47.7 Å². The topological polar surface area (TPSA) is 66.5 Å². The molecule has 1 fully saturated rings. The second-order valence-electron chi connectivity index (χ2n) is 4.98. The minimum absolute atomic E-state index is 0.0964. The van der Waals surface area contributed by atoms with Gasteiger partial charge in [0.15, 0.2) is 0 Å². The molecule has 0 aliphatic carbocycles. The maximum Gasteiger partial charge on any atom is 0.253 e. The van der Waals surface area contributed by atoms with E-state index in [2.05, 4.69) is 5.32 Å². The Labute approximate surface area is 126 Å². The van der Waals surface area contributed by atoms with Crippen LogP contribution >= 0.6 is 11.8 Å². The molecule has 21 heavy (non-hydrogen) atoms. The van der Waals surface area contributed by atoms with E-state index in [1.54, 1.807) is 6.20 Å². The van der Waals surface area contributed by atoms with Gasteiger partial charge in [0.1, 0.15) is 17.7 Å². The summed E-state index contributed by atoms with van der Waals surface area (Å²) in [7, 11) is 0. The maximum absolute atomic E-state index is 12.0. The van der Waals surface area contributed by atoms with Crippen LogP contribution in [0, 0.1) is 0 Å². The average molecular weight is 302 g/mol. The van der Waals surface area contributed by atoms with E-state index in [1.165, 1.54) is 16.7 Å². The summed E-state index contributed by atoms with van der Waals surface area (Å²) in [6.07, 6.45) is 2.60. The maximum atomic E-state index is 12.0. The minimum atomic E-state index is -0.490. The number of hydrogen-bond donors (Lipinski definition) is 1. The van der Waals surface area contributed by atoms with Crippen LogP contribution in [0.3, 0.4) is 0 Å². The SMILES string of the molecule is O=CC1=CN2C(=O)C(NC(=O)Cc3ccccc3)[C@H]2SC1. The highest BCUT2D eigenvalue weighted by Crippen LogP contribution is 2.35. The van der Waals surface area contributed by atoms with Crippen molar-refractivity contribution in [1.29, 1.82) is 0 Å². The first-order valence-electron chi connectivity index (χ1n) is 6.62. The van der Waals surface area contributed by atoms with Gasteiger partial charge in [0, 0.05) is 17.5 Å². The molecule has 3 rings (SSSR count). The number of nitrogens with zero attached hydrogens (tertiary/aromatic N) is 1. The molecule has 1 aromatic carbocycles. The van der Waals surface area contributed by atoms with Crippen LogP contribution in [0.5, 0.6) is 0 Å². The first-order valence-corrected chi connectivity index (χ1v) is 7.67. The van der Waals surface area contributed by atoms with Crippen molar-refractivity contribution in [2.24, 2.45) is 0 Å². The Balaban J connectivity index is 1.60. The smallest absolute Gasteiger partial charge is 0.253 e. The van der Waals surface area contributed by atoms with Crippen molar-refractivity contribution in [2.45, 2.75) is 17.8 Å². The highest BCUT2D eigenvalue weighted by molar-refractivity contribution is 8.00. The lowest BCUT2D eigenvalue weighted by atomic mass is 10.1. The number of nitrogens with one attached hydrogen (secondary N) is 1. The Morgan fingerprint density at radius 1 is 1.38 bits per heavy atom. The van der Waals surface area contributed by atoms with Crippen molar-refractivity contribution in [3.8, 4) is 0 Å². The predicted octanol–water partition coefficient (Wildman–Crippen LogP) is 0.712. The van der Waals surface area contributed by atoms with Crippen molar-refractivity contribution in [1.82, 2.24) is 10.2 Å². The van der Waals surface area contributed by atoms with Gasteiger partial charge in [-0.05, 0) is 5.56 Å². The summed E-state index contributed by atoms with van der Waals surface area (Å²) < 4.78 is 0. The summed E-state index contributed by atoms with van der Waals surface area (Å²) in [5, 5.41) is 2.68. The van der Waals surface area contributed by atoms with Crippen LogP contribution < -0.4 is 5.32 Å². The third kappa shape index (κ3) is 2.71. The summed E-state index contributed by atoms with van der Waals surface area (Å²) in [6.45, 7) is 0. The number of carbonyl (C=O) groups is 3.